The molecule has 1 amide bonds. The van der Waals surface area contributed by atoms with Crippen LogP contribution in [0.2, 0.25) is 10.0 Å². The van der Waals surface area contributed by atoms with Crippen LogP contribution in [0.5, 0.6) is 5.75 Å². The van der Waals surface area contributed by atoms with Crippen molar-refractivity contribution in [2.75, 3.05) is 32.9 Å². The number of nitrogens with zero attached hydrogens (tertiary/aromatic N) is 1. The zero-order valence-electron chi connectivity index (χ0n) is 16.3. The van der Waals surface area contributed by atoms with Crippen molar-refractivity contribution in [3.05, 3.63) is 58.1 Å². The molecule has 2 aromatic rings. The summed E-state index contributed by atoms with van der Waals surface area (Å²) in [6.45, 7) is 2.62. The second-order valence-electron chi connectivity index (χ2n) is 6.74. The van der Waals surface area contributed by atoms with Gasteiger partial charge in [-0.1, -0.05) is 35.3 Å². The highest BCUT2D eigenvalue weighted by molar-refractivity contribution is 7.89. The lowest BCUT2D eigenvalue weighted by Crippen LogP contribution is -2.40. The first kappa shape index (κ1) is 22.8. The standard InChI is InChI=1S/C20H22Cl2N2O5S/c1-14(15-2-4-16(21)5-3-15)23-20(25)13-29-18-7-6-17(22)12-19(18)30(26,27)24-8-10-28-11-9-24/h2-7,12,14H,8-11,13H2,1H3,(H,23,25)/t14-/m0/s1. The second kappa shape index (κ2) is 9.98. The Kier molecular flexibility index (Phi) is 7.60. The largest absolute Gasteiger partial charge is 0.482 e. The van der Waals surface area contributed by atoms with Crippen molar-refractivity contribution in [3.8, 4) is 5.75 Å². The molecule has 7 nitrogen and oxygen atoms in total. The van der Waals surface area contributed by atoms with Crippen LogP contribution in [0, 0.1) is 0 Å². The zero-order valence-corrected chi connectivity index (χ0v) is 18.6. The minimum Gasteiger partial charge on any atom is -0.482 e. The van der Waals surface area contributed by atoms with E-state index in [-0.39, 0.29) is 47.3 Å². The molecule has 0 aromatic heterocycles. The Bertz CT molecular complexity index is 993. The van der Waals surface area contributed by atoms with Gasteiger partial charge in [0.1, 0.15) is 10.6 Å². The summed E-state index contributed by atoms with van der Waals surface area (Å²) in [7, 11) is -3.83. The average Bonchev–Trinajstić information content (AvgIpc) is 2.74. The molecule has 3 rings (SSSR count). The number of hydrogen-bond acceptors (Lipinski definition) is 5. The van der Waals surface area contributed by atoms with Crippen LogP contribution in [-0.2, 0) is 19.6 Å². The summed E-state index contributed by atoms with van der Waals surface area (Å²) in [6, 6.07) is 11.2. The highest BCUT2D eigenvalue weighted by Gasteiger charge is 2.29. The molecule has 1 N–H and O–H groups in total. The Labute approximate surface area is 185 Å². The van der Waals surface area contributed by atoms with Crippen LogP contribution in [0.25, 0.3) is 0 Å². The number of hydrogen-bond donors (Lipinski definition) is 1. The van der Waals surface area contributed by atoms with E-state index in [0.29, 0.717) is 18.2 Å². The number of rotatable bonds is 7. The number of amides is 1. The minimum atomic E-state index is -3.83. The number of morpholine rings is 1. The highest BCUT2D eigenvalue weighted by atomic mass is 35.5. The SMILES string of the molecule is C[C@H](NC(=O)COc1ccc(Cl)cc1S(=O)(=O)N1CCOCC1)c1ccc(Cl)cc1. The van der Waals surface area contributed by atoms with E-state index in [2.05, 4.69) is 5.32 Å². The van der Waals surface area contributed by atoms with Crippen LogP contribution in [0.1, 0.15) is 18.5 Å². The summed E-state index contributed by atoms with van der Waals surface area (Å²) in [5, 5.41) is 3.68. The van der Waals surface area contributed by atoms with E-state index in [9.17, 15) is 13.2 Å². The third-order valence-corrected chi connectivity index (χ3v) is 7.01. The van der Waals surface area contributed by atoms with Gasteiger partial charge in [-0.2, -0.15) is 4.31 Å². The van der Waals surface area contributed by atoms with Gasteiger partial charge in [-0.15, -0.1) is 0 Å². The molecule has 2 aromatic carbocycles. The van der Waals surface area contributed by atoms with Crippen molar-refractivity contribution in [1.29, 1.82) is 0 Å². The fraction of sp³-hybridized carbons (Fsp3) is 0.350. The molecule has 1 aliphatic heterocycles. The normalized spacial score (nSPS) is 16.1. The molecule has 0 bridgehead atoms. The number of ether oxygens (including phenoxy) is 2. The van der Waals surface area contributed by atoms with Crippen molar-refractivity contribution < 1.29 is 22.7 Å². The zero-order chi connectivity index (χ0) is 21.7. The van der Waals surface area contributed by atoms with Crippen molar-refractivity contribution in [2.24, 2.45) is 0 Å². The molecular weight excluding hydrogens is 451 g/mol. The van der Waals surface area contributed by atoms with Crippen molar-refractivity contribution in [3.63, 3.8) is 0 Å². The van der Waals surface area contributed by atoms with E-state index in [1.165, 1.54) is 22.5 Å². The van der Waals surface area contributed by atoms with Gasteiger partial charge in [0.15, 0.2) is 6.61 Å². The predicted molar refractivity (Wildman–Crippen MR) is 115 cm³/mol. The molecule has 10 heteroatoms. The maximum Gasteiger partial charge on any atom is 0.258 e. The third-order valence-electron chi connectivity index (χ3n) is 4.60. The molecule has 1 heterocycles. The molecule has 1 saturated heterocycles. The van der Waals surface area contributed by atoms with Gasteiger partial charge < -0.3 is 14.8 Å². The first-order chi connectivity index (χ1) is 14.3. The first-order valence-corrected chi connectivity index (χ1v) is 11.5. The maximum atomic E-state index is 13.0. The molecular formula is C20H22Cl2N2O5S. The summed E-state index contributed by atoms with van der Waals surface area (Å²) in [5.74, 6) is -0.317. The number of benzene rings is 2. The number of halogens is 2. The van der Waals surface area contributed by atoms with Crippen LogP contribution in [0.4, 0.5) is 0 Å². The minimum absolute atomic E-state index is 0.0696. The summed E-state index contributed by atoms with van der Waals surface area (Å²) in [4.78, 5) is 12.3. The van der Waals surface area contributed by atoms with Gasteiger partial charge in [0.2, 0.25) is 10.0 Å². The summed E-state index contributed by atoms with van der Waals surface area (Å²) in [6.07, 6.45) is 0. The lowest BCUT2D eigenvalue weighted by atomic mass is 10.1. The topological polar surface area (TPSA) is 84.9 Å². The Balaban J connectivity index is 1.69. The monoisotopic (exact) mass is 472 g/mol. The second-order valence-corrected chi connectivity index (χ2v) is 9.52. The van der Waals surface area contributed by atoms with Crippen LogP contribution >= 0.6 is 23.2 Å². The first-order valence-electron chi connectivity index (χ1n) is 9.32. The van der Waals surface area contributed by atoms with Crippen LogP contribution < -0.4 is 10.1 Å². The van der Waals surface area contributed by atoms with Crippen molar-refractivity contribution in [2.45, 2.75) is 17.9 Å². The Morgan fingerprint density at radius 3 is 2.43 bits per heavy atom. The number of carbonyl (C=O) groups excluding carboxylic acids is 1. The van der Waals surface area contributed by atoms with Crippen LogP contribution in [0.3, 0.4) is 0 Å². The lowest BCUT2D eigenvalue weighted by Gasteiger charge is -2.27. The van der Waals surface area contributed by atoms with Gasteiger partial charge in [0, 0.05) is 23.1 Å². The fourth-order valence-corrected chi connectivity index (χ4v) is 4.92. The highest BCUT2D eigenvalue weighted by Crippen LogP contribution is 2.30. The molecule has 1 fully saturated rings. The van der Waals surface area contributed by atoms with Crippen LogP contribution in [-0.4, -0.2) is 51.5 Å². The quantitative estimate of drug-likeness (QED) is 0.668. The molecule has 0 unspecified atom stereocenters. The number of nitrogens with one attached hydrogen (secondary N) is 1. The van der Waals surface area contributed by atoms with E-state index in [0.717, 1.165) is 5.56 Å². The molecule has 0 spiro atoms. The molecule has 162 valence electrons. The van der Waals surface area contributed by atoms with Gasteiger partial charge in [0.05, 0.1) is 19.3 Å². The number of sulfonamides is 1. The van der Waals surface area contributed by atoms with E-state index >= 15 is 0 Å². The summed E-state index contributed by atoms with van der Waals surface area (Å²) < 4.78 is 38.1. The lowest BCUT2D eigenvalue weighted by molar-refractivity contribution is -0.123. The van der Waals surface area contributed by atoms with Gasteiger partial charge in [-0.3, -0.25) is 4.79 Å². The Morgan fingerprint density at radius 1 is 1.13 bits per heavy atom. The maximum absolute atomic E-state index is 13.0. The summed E-state index contributed by atoms with van der Waals surface area (Å²) in [5.41, 5.74) is 0.884. The fourth-order valence-electron chi connectivity index (χ4n) is 2.99. The molecule has 30 heavy (non-hydrogen) atoms. The van der Waals surface area contributed by atoms with E-state index < -0.39 is 10.0 Å². The average molecular weight is 473 g/mol. The van der Waals surface area contributed by atoms with Gasteiger partial charge in [0.25, 0.3) is 5.91 Å². The predicted octanol–water partition coefficient (Wildman–Crippen LogP) is 3.27. The molecule has 1 atom stereocenters. The molecule has 0 aliphatic carbocycles. The smallest absolute Gasteiger partial charge is 0.258 e. The van der Waals surface area contributed by atoms with E-state index in [1.54, 1.807) is 12.1 Å². The Morgan fingerprint density at radius 2 is 1.77 bits per heavy atom. The van der Waals surface area contributed by atoms with E-state index in [4.69, 9.17) is 32.7 Å². The molecule has 0 saturated carbocycles. The number of carbonyl (C=O) groups is 1. The van der Waals surface area contributed by atoms with Crippen molar-refractivity contribution in [1.82, 2.24) is 9.62 Å². The van der Waals surface area contributed by atoms with E-state index in [1.807, 2.05) is 19.1 Å². The van der Waals surface area contributed by atoms with Crippen molar-refractivity contribution >= 4 is 39.1 Å². The molecule has 1 aliphatic rings. The Hall–Kier alpha value is -1.84. The van der Waals surface area contributed by atoms with Gasteiger partial charge in [-0.25, -0.2) is 8.42 Å². The van der Waals surface area contributed by atoms with Gasteiger partial charge >= 0.3 is 0 Å². The molecule has 0 radical (unpaired) electrons. The third kappa shape index (κ3) is 5.65. The van der Waals surface area contributed by atoms with Crippen LogP contribution in [0.15, 0.2) is 47.4 Å². The van der Waals surface area contributed by atoms with Gasteiger partial charge in [-0.05, 0) is 42.8 Å². The summed E-state index contributed by atoms with van der Waals surface area (Å²) >= 11 is 11.9.